The predicted molar refractivity (Wildman–Crippen MR) is 135 cm³/mol. The van der Waals surface area contributed by atoms with Gasteiger partial charge >= 0.3 is 0 Å². The number of nitrogens with zero attached hydrogens (tertiary/aromatic N) is 2. The fraction of sp³-hybridized carbons (Fsp3) is 0.680. The maximum atomic E-state index is 13.2. The maximum absolute atomic E-state index is 13.2. The van der Waals surface area contributed by atoms with Gasteiger partial charge in [0.2, 0.25) is 5.91 Å². The summed E-state index contributed by atoms with van der Waals surface area (Å²) in [5.74, 6) is 0.426. The van der Waals surface area contributed by atoms with E-state index in [0.717, 1.165) is 38.9 Å². The normalized spacial score (nSPS) is 25.1. The number of amides is 1. The van der Waals surface area contributed by atoms with E-state index < -0.39 is 0 Å². The molecule has 7 heteroatoms. The Morgan fingerprint density at radius 2 is 2.09 bits per heavy atom. The van der Waals surface area contributed by atoms with E-state index in [1.807, 2.05) is 37.0 Å². The first-order chi connectivity index (χ1) is 15.6. The van der Waals surface area contributed by atoms with Gasteiger partial charge in [0.05, 0.1) is 19.1 Å². The number of nitrogens with one attached hydrogen (secondary N) is 2. The van der Waals surface area contributed by atoms with E-state index in [4.69, 9.17) is 4.74 Å². The highest BCUT2D eigenvalue weighted by Gasteiger charge is 2.45. The Morgan fingerprint density at radius 1 is 1.31 bits per heavy atom. The number of hydrogen-bond donors (Lipinski definition) is 2. The number of aliphatic imine (C=N–C) groups is 1. The van der Waals surface area contributed by atoms with Crippen LogP contribution in [0.2, 0.25) is 0 Å². The van der Waals surface area contributed by atoms with Crippen LogP contribution in [-0.4, -0.2) is 68.9 Å². The Kier molecular flexibility index (Phi) is 9.88. The second-order valence-electron chi connectivity index (χ2n) is 9.11. The van der Waals surface area contributed by atoms with Crippen LogP contribution in [0.3, 0.4) is 0 Å². The fourth-order valence-electron chi connectivity index (χ4n) is 4.59. The number of rotatable bonds is 12. The van der Waals surface area contributed by atoms with Gasteiger partial charge in [-0.25, -0.2) is 4.99 Å². The molecule has 2 aliphatic carbocycles. The molecule has 2 fully saturated rings. The second-order valence-corrected chi connectivity index (χ2v) is 10.2. The number of hydrogen-bond acceptors (Lipinski definition) is 6. The summed E-state index contributed by atoms with van der Waals surface area (Å²) in [7, 11) is 1.91. The molecular formula is C25H40N4O2S. The molecule has 1 saturated carbocycles. The van der Waals surface area contributed by atoms with Gasteiger partial charge in [-0.1, -0.05) is 18.2 Å². The summed E-state index contributed by atoms with van der Waals surface area (Å²) in [6, 6.07) is 0. The topological polar surface area (TPSA) is 66.0 Å². The molecule has 1 spiro atoms. The smallest absolute Gasteiger partial charge is 0.234 e. The van der Waals surface area contributed by atoms with Crippen molar-refractivity contribution in [3.05, 3.63) is 35.8 Å². The van der Waals surface area contributed by atoms with Crippen LogP contribution in [0.4, 0.5) is 0 Å². The zero-order chi connectivity index (χ0) is 22.8. The highest BCUT2D eigenvalue weighted by atomic mass is 32.2. The summed E-state index contributed by atoms with van der Waals surface area (Å²) < 4.78 is 5.50. The number of allylic oxidation sites excluding steroid dienone is 2. The molecule has 2 unspecified atom stereocenters. The zero-order valence-corrected chi connectivity index (χ0v) is 20.6. The SMILES string of the molecule is C=N/C(=C\C=C/CCOCCNC)NC(=O)C1CCC(SC)C=C1N1CCC2(CC1)CC2. The average Bonchev–Trinajstić information content (AvgIpc) is 3.58. The number of ether oxygens (including phenoxy) is 1. The Hall–Kier alpha value is -1.57. The van der Waals surface area contributed by atoms with E-state index in [1.165, 1.54) is 31.4 Å². The molecule has 6 nitrogen and oxygen atoms in total. The quantitative estimate of drug-likeness (QED) is 0.264. The van der Waals surface area contributed by atoms with Crippen LogP contribution in [0, 0.1) is 11.3 Å². The van der Waals surface area contributed by atoms with Crippen molar-refractivity contribution >= 4 is 24.4 Å². The lowest BCUT2D eigenvalue weighted by molar-refractivity contribution is -0.124. The van der Waals surface area contributed by atoms with Crippen molar-refractivity contribution in [2.75, 3.05) is 46.2 Å². The minimum absolute atomic E-state index is 0.0324. The number of carbonyl (C=O) groups excluding carboxylic acids is 1. The van der Waals surface area contributed by atoms with Gasteiger partial charge in [-0.3, -0.25) is 4.79 Å². The predicted octanol–water partition coefficient (Wildman–Crippen LogP) is 3.73. The number of carbonyl (C=O) groups is 1. The lowest BCUT2D eigenvalue weighted by Gasteiger charge is -2.40. The Bertz CT molecular complexity index is 719. The highest BCUT2D eigenvalue weighted by molar-refractivity contribution is 7.99. The number of likely N-dealkylation sites (tertiary alicyclic amines) is 1. The largest absolute Gasteiger partial charge is 0.380 e. The molecule has 1 saturated heterocycles. The summed E-state index contributed by atoms with van der Waals surface area (Å²) in [6.45, 7) is 8.05. The summed E-state index contributed by atoms with van der Waals surface area (Å²) in [6.07, 6.45) is 18.3. The lowest BCUT2D eigenvalue weighted by Crippen LogP contribution is -2.42. The van der Waals surface area contributed by atoms with Gasteiger partial charge in [0.1, 0.15) is 5.82 Å². The van der Waals surface area contributed by atoms with Gasteiger partial charge in [0, 0.05) is 30.6 Å². The minimum Gasteiger partial charge on any atom is -0.380 e. The van der Waals surface area contributed by atoms with Crippen molar-refractivity contribution in [2.45, 2.75) is 50.2 Å². The first-order valence-corrected chi connectivity index (χ1v) is 13.3. The van der Waals surface area contributed by atoms with E-state index in [2.05, 4.69) is 39.6 Å². The van der Waals surface area contributed by atoms with Crippen LogP contribution in [0.25, 0.3) is 0 Å². The average molecular weight is 461 g/mol. The highest BCUT2D eigenvalue weighted by Crippen LogP contribution is 2.54. The first-order valence-electron chi connectivity index (χ1n) is 12.0. The third kappa shape index (κ3) is 7.22. The van der Waals surface area contributed by atoms with Crippen molar-refractivity contribution in [3.63, 3.8) is 0 Å². The van der Waals surface area contributed by atoms with E-state index in [0.29, 0.717) is 29.7 Å². The fourth-order valence-corrected chi connectivity index (χ4v) is 5.24. The number of piperidine rings is 1. The molecule has 1 aliphatic heterocycles. The molecule has 0 aromatic carbocycles. The van der Waals surface area contributed by atoms with Crippen LogP contribution in [0.5, 0.6) is 0 Å². The third-order valence-corrected chi connectivity index (χ3v) is 7.93. The molecule has 178 valence electrons. The minimum atomic E-state index is -0.110. The molecule has 3 aliphatic rings. The van der Waals surface area contributed by atoms with E-state index >= 15 is 0 Å². The van der Waals surface area contributed by atoms with Gasteiger partial charge in [-0.05, 0) is 76.5 Å². The number of likely N-dealkylation sites (N-methyl/N-ethyl adjacent to an activating group) is 1. The van der Waals surface area contributed by atoms with Crippen LogP contribution in [-0.2, 0) is 9.53 Å². The van der Waals surface area contributed by atoms with Crippen molar-refractivity contribution in [2.24, 2.45) is 16.3 Å². The second kappa shape index (κ2) is 12.6. The Morgan fingerprint density at radius 3 is 2.75 bits per heavy atom. The van der Waals surface area contributed by atoms with Crippen LogP contribution < -0.4 is 10.6 Å². The van der Waals surface area contributed by atoms with E-state index in [1.54, 1.807) is 0 Å². The van der Waals surface area contributed by atoms with Gasteiger partial charge in [-0.2, -0.15) is 11.8 Å². The summed E-state index contributed by atoms with van der Waals surface area (Å²) >= 11 is 1.88. The van der Waals surface area contributed by atoms with Crippen LogP contribution in [0.1, 0.15) is 44.9 Å². The van der Waals surface area contributed by atoms with E-state index in [-0.39, 0.29) is 11.8 Å². The molecule has 2 N–H and O–H groups in total. The molecule has 0 bridgehead atoms. The summed E-state index contributed by atoms with van der Waals surface area (Å²) in [4.78, 5) is 19.7. The Labute approximate surface area is 198 Å². The van der Waals surface area contributed by atoms with Gasteiger partial charge in [-0.15, -0.1) is 0 Å². The van der Waals surface area contributed by atoms with Crippen molar-refractivity contribution < 1.29 is 9.53 Å². The summed E-state index contributed by atoms with van der Waals surface area (Å²) in [5.41, 5.74) is 1.86. The number of thioether (sulfide) groups is 1. The molecular weight excluding hydrogens is 420 g/mol. The zero-order valence-electron chi connectivity index (χ0n) is 19.8. The molecule has 0 radical (unpaired) electrons. The molecule has 1 heterocycles. The molecule has 1 amide bonds. The molecule has 32 heavy (non-hydrogen) atoms. The summed E-state index contributed by atoms with van der Waals surface area (Å²) in [5, 5.41) is 6.56. The van der Waals surface area contributed by atoms with Gasteiger partial charge in [0.15, 0.2) is 0 Å². The van der Waals surface area contributed by atoms with E-state index in [9.17, 15) is 4.79 Å². The standard InChI is InChI=1S/C25H40N4O2S/c1-26-14-18-31-17-6-4-5-7-23(27-2)28-24(30)21-9-8-20(32-3)19-22(21)29-15-12-25(10-11-25)13-16-29/h4-5,7,19-21,26H,2,6,8-18H2,1,3H3,(H,28,30)/b5-4-,23-7+. The van der Waals surface area contributed by atoms with Gasteiger partial charge < -0.3 is 20.3 Å². The molecule has 0 aromatic heterocycles. The van der Waals surface area contributed by atoms with Crippen LogP contribution in [0.15, 0.2) is 40.8 Å². The van der Waals surface area contributed by atoms with Gasteiger partial charge in [0.25, 0.3) is 0 Å². The monoisotopic (exact) mass is 460 g/mol. The first kappa shape index (κ1) is 25.1. The Balaban J connectivity index is 1.55. The molecule has 3 rings (SSSR count). The van der Waals surface area contributed by atoms with Crippen molar-refractivity contribution in [1.29, 1.82) is 0 Å². The van der Waals surface area contributed by atoms with Crippen molar-refractivity contribution in [1.82, 2.24) is 15.5 Å². The maximum Gasteiger partial charge on any atom is 0.234 e. The lowest BCUT2D eigenvalue weighted by atomic mass is 9.87. The molecule has 2 atom stereocenters. The third-order valence-electron chi connectivity index (χ3n) is 6.96. The van der Waals surface area contributed by atoms with Crippen molar-refractivity contribution in [3.8, 4) is 0 Å². The van der Waals surface area contributed by atoms with Crippen LogP contribution >= 0.6 is 11.8 Å². The molecule has 0 aromatic rings.